The number of likely N-dealkylation sites (N-methyl/N-ethyl adjacent to an activating group) is 1. The fourth-order valence-electron chi connectivity index (χ4n) is 4.18. The zero-order valence-electron chi connectivity index (χ0n) is 19.7. The molecule has 1 aliphatic rings. The molecule has 1 saturated heterocycles. The van der Waals surface area contributed by atoms with Crippen molar-refractivity contribution in [2.45, 2.75) is 58.9 Å². The Bertz CT molecular complexity index is 948. The second-order valence-corrected chi connectivity index (χ2v) is 8.30. The third kappa shape index (κ3) is 6.83. The Morgan fingerprint density at radius 2 is 2.12 bits per heavy atom. The maximum absolute atomic E-state index is 13.5. The van der Waals surface area contributed by atoms with Crippen LogP contribution in [-0.4, -0.2) is 70.6 Å². The van der Waals surface area contributed by atoms with Crippen molar-refractivity contribution in [2.75, 3.05) is 32.8 Å². The molecular weight excluding hydrogens is 427 g/mol. The zero-order valence-corrected chi connectivity index (χ0v) is 19.7. The number of aromatic nitrogens is 2. The Hall–Kier alpha value is -2.81. The highest BCUT2D eigenvalue weighted by Crippen LogP contribution is 2.21. The molecule has 1 aromatic carbocycles. The number of ether oxygens (including phenoxy) is 1. The molecule has 2 aromatic rings. The number of esters is 1. The first-order valence-electron chi connectivity index (χ1n) is 11.7. The van der Waals surface area contributed by atoms with Crippen molar-refractivity contribution in [3.05, 3.63) is 35.5 Å². The molecule has 1 aromatic heterocycles. The number of carbonyl (C=O) groups excluding carboxylic acids is 2. The van der Waals surface area contributed by atoms with Crippen LogP contribution in [0.3, 0.4) is 0 Å². The smallest absolute Gasteiger partial charge is 0.307 e. The zero-order chi connectivity index (χ0) is 23.8. The maximum Gasteiger partial charge on any atom is 0.307 e. The number of aryl methyl sites for hydroxylation is 2. The molecule has 0 bridgehead atoms. The van der Waals surface area contributed by atoms with Gasteiger partial charge in [-0.25, -0.2) is 4.39 Å². The lowest BCUT2D eigenvalue weighted by Crippen LogP contribution is -2.44. The summed E-state index contributed by atoms with van der Waals surface area (Å²) in [5.41, 5.74) is 1.16. The highest BCUT2D eigenvalue weighted by molar-refractivity contribution is 5.77. The van der Waals surface area contributed by atoms with Gasteiger partial charge < -0.3 is 14.2 Å². The Labute approximate surface area is 194 Å². The lowest BCUT2D eigenvalue weighted by Gasteiger charge is -2.30. The van der Waals surface area contributed by atoms with Crippen molar-refractivity contribution in [3.63, 3.8) is 0 Å². The normalized spacial score (nSPS) is 16.2. The summed E-state index contributed by atoms with van der Waals surface area (Å²) in [7, 11) is 0. The van der Waals surface area contributed by atoms with Gasteiger partial charge in [0.2, 0.25) is 17.6 Å². The fourth-order valence-corrected chi connectivity index (χ4v) is 4.18. The third-order valence-corrected chi connectivity index (χ3v) is 6.02. The SMILES string of the molecule is CCOC(=O)CCN(CC1CCCN1CC)C(=O)CCc1nc(-c2ccc(F)c(C)c2)no1. The molecule has 1 aliphatic heterocycles. The molecule has 2 heterocycles. The number of amides is 1. The van der Waals surface area contributed by atoms with Crippen LogP contribution in [0.15, 0.2) is 22.7 Å². The standard InChI is InChI=1S/C24H33FN4O4/c1-4-28-13-6-7-19(28)16-29(14-12-23(31)32-5-2)22(30)11-10-21-26-24(27-33-21)18-8-9-20(25)17(3)15-18/h8-9,15,19H,4-7,10-14,16H2,1-3H3. The van der Waals surface area contributed by atoms with Gasteiger partial charge in [-0.05, 0) is 63.5 Å². The number of benzene rings is 1. The molecule has 1 atom stereocenters. The molecule has 9 heteroatoms. The Kier molecular flexibility index (Phi) is 8.94. The summed E-state index contributed by atoms with van der Waals surface area (Å²) < 4.78 is 23.9. The summed E-state index contributed by atoms with van der Waals surface area (Å²) in [6.07, 6.45) is 2.83. The minimum Gasteiger partial charge on any atom is -0.466 e. The lowest BCUT2D eigenvalue weighted by atomic mass is 10.1. The fraction of sp³-hybridized carbons (Fsp3) is 0.583. The molecule has 0 saturated carbocycles. The van der Waals surface area contributed by atoms with Gasteiger partial charge in [-0.15, -0.1) is 0 Å². The van der Waals surface area contributed by atoms with Crippen LogP contribution in [0.25, 0.3) is 11.4 Å². The highest BCUT2D eigenvalue weighted by Gasteiger charge is 2.27. The number of likely N-dealkylation sites (tertiary alicyclic amines) is 1. The predicted octanol–water partition coefficient (Wildman–Crippen LogP) is 3.38. The van der Waals surface area contributed by atoms with Gasteiger partial charge in [-0.2, -0.15) is 4.98 Å². The number of nitrogens with zero attached hydrogens (tertiary/aromatic N) is 4. The van der Waals surface area contributed by atoms with Crippen LogP contribution in [0.5, 0.6) is 0 Å². The minimum absolute atomic E-state index is 0.0559. The summed E-state index contributed by atoms with van der Waals surface area (Å²) in [5.74, 6) is 0.0655. The van der Waals surface area contributed by atoms with Crippen molar-refractivity contribution in [1.82, 2.24) is 19.9 Å². The van der Waals surface area contributed by atoms with Gasteiger partial charge in [0, 0.05) is 37.5 Å². The molecular formula is C24H33FN4O4. The Balaban J connectivity index is 1.61. The average molecular weight is 461 g/mol. The first-order valence-corrected chi connectivity index (χ1v) is 11.7. The number of rotatable bonds is 11. The van der Waals surface area contributed by atoms with E-state index in [2.05, 4.69) is 22.0 Å². The lowest BCUT2D eigenvalue weighted by molar-refractivity contribution is -0.144. The van der Waals surface area contributed by atoms with Crippen LogP contribution in [0.4, 0.5) is 4.39 Å². The van der Waals surface area contributed by atoms with Crippen LogP contribution in [0, 0.1) is 12.7 Å². The van der Waals surface area contributed by atoms with Crippen molar-refractivity contribution in [1.29, 1.82) is 0 Å². The van der Waals surface area contributed by atoms with Crippen LogP contribution in [-0.2, 0) is 20.7 Å². The Morgan fingerprint density at radius 1 is 1.30 bits per heavy atom. The van der Waals surface area contributed by atoms with Gasteiger partial charge in [0.15, 0.2) is 0 Å². The van der Waals surface area contributed by atoms with E-state index in [1.54, 1.807) is 30.9 Å². The maximum atomic E-state index is 13.5. The topological polar surface area (TPSA) is 88.8 Å². The Morgan fingerprint density at radius 3 is 2.85 bits per heavy atom. The summed E-state index contributed by atoms with van der Waals surface area (Å²) >= 11 is 0. The van der Waals surface area contributed by atoms with Gasteiger partial charge in [0.05, 0.1) is 13.0 Å². The molecule has 3 rings (SSSR count). The summed E-state index contributed by atoms with van der Waals surface area (Å²) in [6.45, 7) is 8.79. The molecule has 1 fully saturated rings. The first kappa shape index (κ1) is 24.8. The summed E-state index contributed by atoms with van der Waals surface area (Å²) in [6, 6.07) is 4.93. The van der Waals surface area contributed by atoms with Gasteiger partial charge in [0.1, 0.15) is 5.82 Å². The van der Waals surface area contributed by atoms with Crippen molar-refractivity contribution >= 4 is 11.9 Å². The second-order valence-electron chi connectivity index (χ2n) is 8.30. The molecule has 0 aliphatic carbocycles. The van der Waals surface area contributed by atoms with E-state index in [4.69, 9.17) is 9.26 Å². The van der Waals surface area contributed by atoms with E-state index in [-0.39, 0.29) is 30.5 Å². The summed E-state index contributed by atoms with van der Waals surface area (Å²) in [4.78, 5) is 33.4. The highest BCUT2D eigenvalue weighted by atomic mass is 19.1. The molecule has 0 N–H and O–H groups in total. The molecule has 1 amide bonds. The van der Waals surface area contributed by atoms with Gasteiger partial charge in [-0.3, -0.25) is 14.5 Å². The third-order valence-electron chi connectivity index (χ3n) is 6.02. The predicted molar refractivity (Wildman–Crippen MR) is 121 cm³/mol. The second kappa shape index (κ2) is 11.9. The monoisotopic (exact) mass is 460 g/mol. The van der Waals surface area contributed by atoms with Crippen molar-refractivity contribution in [2.24, 2.45) is 0 Å². The van der Waals surface area contributed by atoms with E-state index >= 15 is 0 Å². The van der Waals surface area contributed by atoms with E-state index in [0.29, 0.717) is 55.0 Å². The molecule has 0 radical (unpaired) electrons. The number of halogens is 1. The molecule has 1 unspecified atom stereocenters. The van der Waals surface area contributed by atoms with E-state index in [1.165, 1.54) is 6.07 Å². The minimum atomic E-state index is -0.301. The van der Waals surface area contributed by atoms with E-state index < -0.39 is 0 Å². The number of carbonyl (C=O) groups is 2. The van der Waals surface area contributed by atoms with Gasteiger partial charge in [0.25, 0.3) is 0 Å². The van der Waals surface area contributed by atoms with E-state index in [9.17, 15) is 14.0 Å². The van der Waals surface area contributed by atoms with E-state index in [0.717, 1.165) is 25.9 Å². The molecule has 33 heavy (non-hydrogen) atoms. The molecule has 8 nitrogen and oxygen atoms in total. The molecule has 0 spiro atoms. The van der Waals surface area contributed by atoms with Crippen molar-refractivity contribution in [3.8, 4) is 11.4 Å². The number of hydrogen-bond acceptors (Lipinski definition) is 7. The quantitative estimate of drug-likeness (QED) is 0.475. The number of hydrogen-bond donors (Lipinski definition) is 0. The van der Waals surface area contributed by atoms with Crippen LogP contribution in [0.2, 0.25) is 0 Å². The van der Waals surface area contributed by atoms with Crippen molar-refractivity contribution < 1.29 is 23.2 Å². The largest absolute Gasteiger partial charge is 0.466 e. The molecule has 180 valence electrons. The van der Waals surface area contributed by atoms with Gasteiger partial charge in [-0.1, -0.05) is 12.1 Å². The summed E-state index contributed by atoms with van der Waals surface area (Å²) in [5, 5.41) is 3.96. The van der Waals surface area contributed by atoms with Crippen LogP contribution < -0.4 is 0 Å². The van der Waals surface area contributed by atoms with Gasteiger partial charge >= 0.3 is 5.97 Å². The van der Waals surface area contributed by atoms with E-state index in [1.807, 2.05) is 0 Å². The van der Waals surface area contributed by atoms with Crippen LogP contribution >= 0.6 is 0 Å². The average Bonchev–Trinajstić information content (AvgIpc) is 3.46. The first-order chi connectivity index (χ1) is 15.9. The van der Waals surface area contributed by atoms with Crippen LogP contribution in [0.1, 0.15) is 51.0 Å².